The van der Waals surface area contributed by atoms with E-state index >= 15 is 0 Å². The van der Waals surface area contributed by atoms with Gasteiger partial charge in [0.25, 0.3) is 0 Å². The summed E-state index contributed by atoms with van der Waals surface area (Å²) < 4.78 is 2.08. The molecule has 4 nitrogen and oxygen atoms in total. The first-order valence-corrected chi connectivity index (χ1v) is 6.51. The fourth-order valence-electron chi connectivity index (χ4n) is 2.65. The van der Waals surface area contributed by atoms with Crippen LogP contribution >= 0.6 is 0 Å². The van der Waals surface area contributed by atoms with Crippen molar-refractivity contribution in [1.29, 1.82) is 0 Å². The zero-order chi connectivity index (χ0) is 12.4. The largest absolute Gasteiger partial charge is 0.396 e. The molecule has 0 unspecified atom stereocenters. The predicted octanol–water partition coefficient (Wildman–Crippen LogP) is 0.986. The molecule has 1 fully saturated rings. The quantitative estimate of drug-likeness (QED) is 0.830. The van der Waals surface area contributed by atoms with Crippen LogP contribution < -0.4 is 0 Å². The maximum Gasteiger partial charge on any atom is 0.0628 e. The van der Waals surface area contributed by atoms with Crippen molar-refractivity contribution in [3.63, 3.8) is 0 Å². The predicted molar refractivity (Wildman–Crippen MR) is 68.1 cm³/mol. The summed E-state index contributed by atoms with van der Waals surface area (Å²) in [6, 6.07) is 0. The molecule has 1 aliphatic heterocycles. The highest BCUT2D eigenvalue weighted by Crippen LogP contribution is 2.18. The molecule has 17 heavy (non-hydrogen) atoms. The maximum atomic E-state index is 8.97. The Balaban J connectivity index is 1.89. The number of aryl methyl sites for hydroxylation is 2. The Hall–Kier alpha value is -0.870. The second kappa shape index (κ2) is 5.19. The monoisotopic (exact) mass is 237 g/mol. The number of aromatic nitrogens is 2. The second-order valence-corrected chi connectivity index (χ2v) is 5.02. The number of nitrogens with zero attached hydrogens (tertiary/aromatic N) is 3. The molecule has 1 saturated heterocycles. The first-order valence-electron chi connectivity index (χ1n) is 6.51. The summed E-state index contributed by atoms with van der Waals surface area (Å²) in [5.74, 6) is 0.510. The number of aliphatic hydroxyl groups is 1. The lowest BCUT2D eigenvalue weighted by molar-refractivity contribution is 0.0550. The van der Waals surface area contributed by atoms with Gasteiger partial charge < -0.3 is 10.0 Å². The Labute approximate surface area is 103 Å². The van der Waals surface area contributed by atoms with Crippen molar-refractivity contribution >= 4 is 0 Å². The smallest absolute Gasteiger partial charge is 0.0628 e. The van der Waals surface area contributed by atoms with Gasteiger partial charge in [0.05, 0.1) is 5.69 Å². The lowest BCUT2D eigenvalue weighted by atomic mass is 10.00. The van der Waals surface area contributed by atoms with E-state index in [1.54, 1.807) is 0 Å². The van der Waals surface area contributed by atoms with Gasteiger partial charge in [-0.15, -0.1) is 0 Å². The molecule has 0 atom stereocenters. The first-order chi connectivity index (χ1) is 8.15. The van der Waals surface area contributed by atoms with Gasteiger partial charge in [-0.25, -0.2) is 0 Å². The van der Waals surface area contributed by atoms with E-state index in [0.29, 0.717) is 12.5 Å². The van der Waals surface area contributed by atoms with Crippen LogP contribution in [0.15, 0.2) is 0 Å². The Morgan fingerprint density at radius 2 is 2.06 bits per heavy atom. The summed E-state index contributed by atoms with van der Waals surface area (Å²) in [5, 5.41) is 13.5. The fourth-order valence-corrected chi connectivity index (χ4v) is 2.65. The summed E-state index contributed by atoms with van der Waals surface area (Å²) in [5.41, 5.74) is 3.88. The van der Waals surface area contributed by atoms with Crippen molar-refractivity contribution in [2.75, 3.05) is 26.2 Å². The molecule has 4 heteroatoms. The van der Waals surface area contributed by atoms with E-state index in [9.17, 15) is 0 Å². The molecule has 0 amide bonds. The van der Waals surface area contributed by atoms with Crippen molar-refractivity contribution in [2.45, 2.75) is 33.7 Å². The molecule has 96 valence electrons. The van der Waals surface area contributed by atoms with Crippen molar-refractivity contribution in [2.24, 2.45) is 5.92 Å². The van der Waals surface area contributed by atoms with Gasteiger partial charge in [0.1, 0.15) is 0 Å². The van der Waals surface area contributed by atoms with Gasteiger partial charge in [-0.2, -0.15) is 5.10 Å². The minimum Gasteiger partial charge on any atom is -0.396 e. The topological polar surface area (TPSA) is 41.3 Å². The van der Waals surface area contributed by atoms with Crippen molar-refractivity contribution < 1.29 is 5.11 Å². The maximum absolute atomic E-state index is 8.97. The molecule has 0 spiro atoms. The SMILES string of the molecule is CCn1nc(C)c(CCN2CC(CO)C2)c1C. The minimum atomic E-state index is 0.336. The van der Waals surface area contributed by atoms with Crippen LogP contribution in [0.2, 0.25) is 0 Å². The molecule has 0 aromatic carbocycles. The molecule has 2 rings (SSSR count). The van der Waals surface area contributed by atoms with Gasteiger partial charge in [-0.1, -0.05) is 0 Å². The average molecular weight is 237 g/mol. The Morgan fingerprint density at radius 1 is 1.35 bits per heavy atom. The Bertz CT molecular complexity index is 380. The highest BCUT2D eigenvalue weighted by Gasteiger charge is 2.25. The van der Waals surface area contributed by atoms with Crippen molar-refractivity contribution in [3.8, 4) is 0 Å². The third-order valence-electron chi connectivity index (χ3n) is 3.80. The molecule has 1 aromatic heterocycles. The highest BCUT2D eigenvalue weighted by atomic mass is 16.3. The van der Waals surface area contributed by atoms with Gasteiger partial charge in [0.15, 0.2) is 0 Å². The molecule has 0 saturated carbocycles. The first kappa shape index (κ1) is 12.6. The van der Waals surface area contributed by atoms with Gasteiger partial charge in [-0.3, -0.25) is 4.68 Å². The molecule has 1 aromatic rings. The number of hydrogen-bond acceptors (Lipinski definition) is 3. The molecule has 1 aliphatic rings. The number of likely N-dealkylation sites (tertiary alicyclic amines) is 1. The third kappa shape index (κ3) is 2.53. The van der Waals surface area contributed by atoms with E-state index in [0.717, 1.165) is 32.6 Å². The van der Waals surface area contributed by atoms with Gasteiger partial charge in [0, 0.05) is 44.4 Å². The van der Waals surface area contributed by atoms with E-state index < -0.39 is 0 Å². The minimum absolute atomic E-state index is 0.336. The molecule has 1 N–H and O–H groups in total. The number of aliphatic hydroxyl groups excluding tert-OH is 1. The van der Waals surface area contributed by atoms with Gasteiger partial charge >= 0.3 is 0 Å². The van der Waals surface area contributed by atoms with Gasteiger partial charge in [0.2, 0.25) is 0 Å². The summed E-state index contributed by atoms with van der Waals surface area (Å²) >= 11 is 0. The molecular weight excluding hydrogens is 214 g/mol. The van der Waals surface area contributed by atoms with E-state index in [2.05, 4.69) is 35.5 Å². The molecule has 2 heterocycles. The van der Waals surface area contributed by atoms with E-state index in [1.165, 1.54) is 17.0 Å². The Morgan fingerprint density at radius 3 is 2.59 bits per heavy atom. The fraction of sp³-hybridized carbons (Fsp3) is 0.769. The summed E-state index contributed by atoms with van der Waals surface area (Å²) in [7, 11) is 0. The molecule has 0 bridgehead atoms. The standard InChI is InChI=1S/C13H23N3O/c1-4-16-11(3)13(10(2)14-16)5-6-15-7-12(8-15)9-17/h12,17H,4-9H2,1-3H3. The summed E-state index contributed by atoms with van der Waals surface area (Å²) in [4.78, 5) is 2.41. The molecule has 0 radical (unpaired) electrons. The number of hydrogen-bond donors (Lipinski definition) is 1. The lowest BCUT2D eigenvalue weighted by Crippen LogP contribution is -2.48. The average Bonchev–Trinajstić information content (AvgIpc) is 2.53. The normalized spacial score (nSPS) is 17.4. The van der Waals surface area contributed by atoms with Crippen LogP contribution in [0, 0.1) is 19.8 Å². The summed E-state index contributed by atoms with van der Waals surface area (Å²) in [6.07, 6.45) is 1.08. The van der Waals surface area contributed by atoms with Crippen LogP contribution in [0.25, 0.3) is 0 Å². The molecular formula is C13H23N3O. The van der Waals surface area contributed by atoms with Crippen LogP contribution in [0.5, 0.6) is 0 Å². The van der Waals surface area contributed by atoms with Crippen LogP contribution in [0.3, 0.4) is 0 Å². The van der Waals surface area contributed by atoms with Crippen molar-refractivity contribution in [1.82, 2.24) is 14.7 Å². The van der Waals surface area contributed by atoms with Gasteiger partial charge in [-0.05, 0) is 32.8 Å². The third-order valence-corrected chi connectivity index (χ3v) is 3.80. The van der Waals surface area contributed by atoms with Crippen LogP contribution in [-0.2, 0) is 13.0 Å². The number of rotatable bonds is 5. The summed E-state index contributed by atoms with van der Waals surface area (Å²) in [6.45, 7) is 10.9. The highest BCUT2D eigenvalue weighted by molar-refractivity contribution is 5.24. The van der Waals surface area contributed by atoms with E-state index in [-0.39, 0.29) is 0 Å². The van der Waals surface area contributed by atoms with Crippen LogP contribution in [-0.4, -0.2) is 46.0 Å². The van der Waals surface area contributed by atoms with E-state index in [1.807, 2.05) is 0 Å². The van der Waals surface area contributed by atoms with Crippen LogP contribution in [0.4, 0.5) is 0 Å². The molecule has 0 aliphatic carbocycles. The van der Waals surface area contributed by atoms with Crippen molar-refractivity contribution in [3.05, 3.63) is 17.0 Å². The Kier molecular flexibility index (Phi) is 3.84. The second-order valence-electron chi connectivity index (χ2n) is 5.02. The van der Waals surface area contributed by atoms with E-state index in [4.69, 9.17) is 5.11 Å². The lowest BCUT2D eigenvalue weighted by Gasteiger charge is -2.38. The zero-order valence-electron chi connectivity index (χ0n) is 11.1. The van der Waals surface area contributed by atoms with Crippen LogP contribution in [0.1, 0.15) is 23.9 Å². The zero-order valence-corrected chi connectivity index (χ0v) is 11.1.